The third-order valence-corrected chi connectivity index (χ3v) is 4.16. The van der Waals surface area contributed by atoms with Crippen LogP contribution in [-0.2, 0) is 0 Å². The molecule has 1 atom stereocenters. The second kappa shape index (κ2) is 7.25. The van der Waals surface area contributed by atoms with Crippen LogP contribution in [-0.4, -0.2) is 41.4 Å². The lowest BCUT2D eigenvalue weighted by Gasteiger charge is -2.38. The first-order valence-electron chi connectivity index (χ1n) is 6.97. The van der Waals surface area contributed by atoms with E-state index in [0.717, 1.165) is 18.7 Å². The van der Waals surface area contributed by atoms with Gasteiger partial charge < -0.3 is 10.2 Å². The van der Waals surface area contributed by atoms with Gasteiger partial charge in [0.05, 0.1) is 0 Å². The summed E-state index contributed by atoms with van der Waals surface area (Å²) in [6, 6.07) is 7.83. The normalized spacial score (nSPS) is 18.7. The minimum absolute atomic E-state index is 0.000291. The Bertz CT molecular complexity index is 372. The van der Waals surface area contributed by atoms with E-state index < -0.39 is 0 Å². The minimum atomic E-state index is -0.140. The summed E-state index contributed by atoms with van der Waals surface area (Å²) < 4.78 is 0. The first-order chi connectivity index (χ1) is 9.26. The van der Waals surface area contributed by atoms with Crippen LogP contribution in [0, 0.1) is 5.92 Å². The number of piperidine rings is 1. The molecule has 0 saturated carbocycles. The van der Waals surface area contributed by atoms with Crippen molar-refractivity contribution in [3.8, 4) is 0 Å². The van der Waals surface area contributed by atoms with Crippen LogP contribution in [0.25, 0.3) is 0 Å². The summed E-state index contributed by atoms with van der Waals surface area (Å²) in [5.41, 5.74) is 1.12. The zero-order chi connectivity index (χ0) is 13.7. The monoisotopic (exact) mass is 283 g/mol. The van der Waals surface area contributed by atoms with Crippen molar-refractivity contribution in [3.05, 3.63) is 34.9 Å². The fourth-order valence-electron chi connectivity index (χ4n) is 2.90. The molecule has 1 aliphatic rings. The first kappa shape index (κ1) is 14.8. The van der Waals surface area contributed by atoms with Crippen molar-refractivity contribution in [2.75, 3.05) is 26.3 Å². The highest BCUT2D eigenvalue weighted by Crippen LogP contribution is 2.31. The number of aliphatic hydroxyl groups is 2. The molecule has 0 aromatic heterocycles. The lowest BCUT2D eigenvalue weighted by Crippen LogP contribution is -2.39. The second-order valence-corrected chi connectivity index (χ2v) is 5.65. The Kier molecular flexibility index (Phi) is 5.64. The molecule has 1 aromatic rings. The third-order valence-electron chi connectivity index (χ3n) is 3.91. The van der Waals surface area contributed by atoms with Crippen molar-refractivity contribution >= 4 is 11.6 Å². The summed E-state index contributed by atoms with van der Waals surface area (Å²) in [5, 5.41) is 19.8. The van der Waals surface area contributed by atoms with Gasteiger partial charge in [-0.3, -0.25) is 4.90 Å². The number of hydrogen-bond donors (Lipinski definition) is 2. The number of rotatable bonds is 5. The number of nitrogens with zero attached hydrogens (tertiary/aromatic N) is 1. The highest BCUT2D eigenvalue weighted by atomic mass is 35.5. The van der Waals surface area contributed by atoms with Gasteiger partial charge in [-0.25, -0.2) is 0 Å². The summed E-state index contributed by atoms with van der Waals surface area (Å²) in [6.07, 6.45) is 3.65. The van der Waals surface area contributed by atoms with Gasteiger partial charge in [0.25, 0.3) is 0 Å². The van der Waals surface area contributed by atoms with E-state index in [1.807, 2.05) is 24.3 Å². The van der Waals surface area contributed by atoms with E-state index in [9.17, 15) is 10.2 Å². The van der Waals surface area contributed by atoms with Crippen molar-refractivity contribution in [2.24, 2.45) is 5.92 Å². The van der Waals surface area contributed by atoms with E-state index in [-0.39, 0.29) is 25.2 Å². The molecule has 4 heteroatoms. The zero-order valence-corrected chi connectivity index (χ0v) is 11.9. The van der Waals surface area contributed by atoms with Gasteiger partial charge in [-0.05, 0) is 43.6 Å². The summed E-state index contributed by atoms with van der Waals surface area (Å²) in [5.74, 6) is -0.140. The standard InChI is InChI=1S/C15H22ClNO2/c16-14-6-4-12(5-7-14)15(13(10-18)11-19)17-8-2-1-3-9-17/h4-7,13,15,18-19H,1-3,8-11H2. The Hall–Kier alpha value is -0.610. The number of hydrogen-bond acceptors (Lipinski definition) is 3. The van der Waals surface area contributed by atoms with Gasteiger partial charge in [0.1, 0.15) is 0 Å². The maximum atomic E-state index is 9.53. The summed E-state index contributed by atoms with van der Waals surface area (Å²) >= 11 is 5.94. The molecule has 1 fully saturated rings. The molecule has 1 aromatic carbocycles. The molecule has 0 bridgehead atoms. The van der Waals surface area contributed by atoms with Crippen molar-refractivity contribution in [1.82, 2.24) is 4.90 Å². The Balaban J connectivity index is 2.24. The molecule has 0 spiro atoms. The molecule has 1 saturated heterocycles. The van der Waals surface area contributed by atoms with Crippen molar-refractivity contribution in [3.63, 3.8) is 0 Å². The fourth-order valence-corrected chi connectivity index (χ4v) is 3.02. The maximum absolute atomic E-state index is 9.53. The van der Waals surface area contributed by atoms with Crippen LogP contribution in [0.3, 0.4) is 0 Å². The summed E-state index contributed by atoms with van der Waals surface area (Å²) in [4.78, 5) is 2.38. The van der Waals surface area contributed by atoms with E-state index in [0.29, 0.717) is 5.02 Å². The van der Waals surface area contributed by atoms with Crippen molar-refractivity contribution < 1.29 is 10.2 Å². The summed E-state index contributed by atoms with van der Waals surface area (Å²) in [7, 11) is 0. The Morgan fingerprint density at radius 3 is 2.11 bits per heavy atom. The predicted molar refractivity (Wildman–Crippen MR) is 77.3 cm³/mol. The molecule has 106 valence electrons. The molecule has 0 aliphatic carbocycles. The van der Waals surface area contributed by atoms with E-state index in [2.05, 4.69) is 4.90 Å². The summed E-state index contributed by atoms with van der Waals surface area (Å²) in [6.45, 7) is 2.06. The van der Waals surface area contributed by atoms with Gasteiger partial charge in [0.2, 0.25) is 0 Å². The molecule has 1 aliphatic heterocycles. The van der Waals surface area contributed by atoms with Crippen LogP contribution in [0.1, 0.15) is 30.9 Å². The average molecular weight is 284 g/mol. The van der Waals surface area contributed by atoms with Crippen LogP contribution < -0.4 is 0 Å². The smallest absolute Gasteiger partial charge is 0.0499 e. The maximum Gasteiger partial charge on any atom is 0.0499 e. The van der Waals surface area contributed by atoms with E-state index in [1.165, 1.54) is 19.3 Å². The molecule has 0 radical (unpaired) electrons. The molecular formula is C15H22ClNO2. The topological polar surface area (TPSA) is 43.7 Å². The third kappa shape index (κ3) is 3.69. The molecule has 2 rings (SSSR count). The number of halogens is 1. The van der Waals surface area contributed by atoms with Gasteiger partial charge in [0, 0.05) is 30.2 Å². The van der Waals surface area contributed by atoms with Crippen LogP contribution in [0.15, 0.2) is 24.3 Å². The Labute approximate surface area is 119 Å². The van der Waals surface area contributed by atoms with E-state index in [4.69, 9.17) is 11.6 Å². The van der Waals surface area contributed by atoms with Crippen molar-refractivity contribution in [2.45, 2.75) is 25.3 Å². The van der Waals surface area contributed by atoms with Crippen LogP contribution in [0.4, 0.5) is 0 Å². The Morgan fingerprint density at radius 1 is 1.00 bits per heavy atom. The SMILES string of the molecule is OCC(CO)C(c1ccc(Cl)cc1)N1CCCCC1. The fraction of sp³-hybridized carbons (Fsp3) is 0.600. The highest BCUT2D eigenvalue weighted by molar-refractivity contribution is 6.30. The molecule has 3 nitrogen and oxygen atoms in total. The Morgan fingerprint density at radius 2 is 1.58 bits per heavy atom. The van der Waals surface area contributed by atoms with Gasteiger partial charge in [-0.15, -0.1) is 0 Å². The lowest BCUT2D eigenvalue weighted by atomic mass is 9.91. The van der Waals surface area contributed by atoms with Crippen molar-refractivity contribution in [1.29, 1.82) is 0 Å². The van der Waals surface area contributed by atoms with Gasteiger partial charge in [-0.1, -0.05) is 30.2 Å². The van der Waals surface area contributed by atoms with Crippen LogP contribution in [0.2, 0.25) is 5.02 Å². The molecule has 0 amide bonds. The molecule has 19 heavy (non-hydrogen) atoms. The van der Waals surface area contributed by atoms with Crippen LogP contribution in [0.5, 0.6) is 0 Å². The van der Waals surface area contributed by atoms with Crippen LogP contribution >= 0.6 is 11.6 Å². The molecule has 1 unspecified atom stereocenters. The lowest BCUT2D eigenvalue weighted by molar-refractivity contribution is 0.0464. The highest BCUT2D eigenvalue weighted by Gasteiger charge is 2.29. The number of benzene rings is 1. The van der Waals surface area contributed by atoms with E-state index >= 15 is 0 Å². The number of likely N-dealkylation sites (tertiary alicyclic amines) is 1. The molecule has 1 heterocycles. The largest absolute Gasteiger partial charge is 0.396 e. The quantitative estimate of drug-likeness (QED) is 0.872. The average Bonchev–Trinajstić information content (AvgIpc) is 2.47. The van der Waals surface area contributed by atoms with Gasteiger partial charge in [0.15, 0.2) is 0 Å². The second-order valence-electron chi connectivity index (χ2n) is 5.22. The van der Waals surface area contributed by atoms with E-state index in [1.54, 1.807) is 0 Å². The van der Waals surface area contributed by atoms with Gasteiger partial charge in [-0.2, -0.15) is 0 Å². The zero-order valence-electron chi connectivity index (χ0n) is 11.1. The minimum Gasteiger partial charge on any atom is -0.396 e. The molecule has 2 N–H and O–H groups in total. The first-order valence-corrected chi connectivity index (χ1v) is 7.35. The predicted octanol–water partition coefficient (Wildman–Crippen LogP) is 2.47. The number of aliphatic hydroxyl groups excluding tert-OH is 2. The molecular weight excluding hydrogens is 262 g/mol. The van der Waals surface area contributed by atoms with Gasteiger partial charge >= 0.3 is 0 Å².